The van der Waals surface area contributed by atoms with Gasteiger partial charge < -0.3 is 5.32 Å². The summed E-state index contributed by atoms with van der Waals surface area (Å²) in [5.74, 6) is 1.36. The smallest absolute Gasteiger partial charge is 0.187 e. The fourth-order valence-electron chi connectivity index (χ4n) is 2.30. The fraction of sp³-hybridized carbons (Fsp3) is 0.333. The minimum Gasteiger partial charge on any atom is -0.381 e. The molecule has 2 nitrogen and oxygen atoms in total. The van der Waals surface area contributed by atoms with Crippen LogP contribution in [0.2, 0.25) is 0 Å². The van der Waals surface area contributed by atoms with Crippen molar-refractivity contribution in [3.05, 3.63) is 43.5 Å². The van der Waals surface area contributed by atoms with E-state index in [9.17, 15) is 0 Å². The van der Waals surface area contributed by atoms with Crippen LogP contribution < -0.4 is 5.32 Å². The number of rotatable bonds is 0. The molecule has 1 saturated heterocycles. The zero-order chi connectivity index (χ0) is 9.38. The zero-order valence-corrected chi connectivity index (χ0v) is 8.16. The Morgan fingerprint density at radius 3 is 2.86 bits per heavy atom. The summed E-state index contributed by atoms with van der Waals surface area (Å²) >= 11 is 0. The van der Waals surface area contributed by atoms with Crippen LogP contribution in [0.5, 0.6) is 0 Å². The summed E-state index contributed by atoms with van der Waals surface area (Å²) in [4.78, 5) is 0. The Morgan fingerprint density at radius 2 is 2.00 bits per heavy atom. The first-order valence-electron chi connectivity index (χ1n) is 5.26. The molecule has 1 N–H and O–H groups in total. The Labute approximate surface area is 85.7 Å². The molecule has 3 rings (SSSR count). The van der Waals surface area contributed by atoms with Crippen LogP contribution in [-0.4, -0.2) is 23.4 Å². The monoisotopic (exact) mass is 186 g/mol. The highest BCUT2D eigenvalue weighted by molar-refractivity contribution is 6.08. The molecule has 0 aromatic heterocycles. The Bertz CT molecular complexity index is 283. The largest absolute Gasteiger partial charge is 0.381 e. The van der Waals surface area contributed by atoms with Gasteiger partial charge in [0.2, 0.25) is 0 Å². The maximum Gasteiger partial charge on any atom is 0.187 e. The maximum absolute atomic E-state index is 3.27. The third kappa shape index (κ3) is 1.28. The van der Waals surface area contributed by atoms with Crippen LogP contribution in [-0.2, 0) is 0 Å². The average Bonchev–Trinajstić information content (AvgIpc) is 2.88. The summed E-state index contributed by atoms with van der Waals surface area (Å²) in [6, 6.07) is 1.24. The van der Waals surface area contributed by atoms with Crippen molar-refractivity contribution in [2.24, 2.45) is 0 Å². The number of nitrogens with zero attached hydrogens (tertiary/aromatic N) is 1. The number of allylic oxidation sites excluding steroid dienone is 1. The van der Waals surface area contributed by atoms with Crippen LogP contribution in [0.25, 0.3) is 0 Å². The average molecular weight is 186 g/mol. The molecule has 1 saturated carbocycles. The first-order chi connectivity index (χ1) is 6.95. The van der Waals surface area contributed by atoms with Gasteiger partial charge in [-0.3, -0.25) is 0 Å². The van der Waals surface area contributed by atoms with Crippen molar-refractivity contribution in [3.63, 3.8) is 0 Å². The molecule has 0 aromatic rings. The molecule has 2 heteroatoms. The lowest BCUT2D eigenvalue weighted by Crippen LogP contribution is -2.33. The van der Waals surface area contributed by atoms with Crippen molar-refractivity contribution < 1.29 is 4.58 Å². The molecule has 3 aliphatic rings. The van der Waals surface area contributed by atoms with Gasteiger partial charge >= 0.3 is 0 Å². The van der Waals surface area contributed by atoms with E-state index >= 15 is 0 Å². The molecule has 2 fully saturated rings. The molecule has 1 aliphatic carbocycles. The van der Waals surface area contributed by atoms with Gasteiger partial charge in [0.1, 0.15) is 19.0 Å². The topological polar surface area (TPSA) is 15.0 Å². The predicted octanol–water partition coefficient (Wildman–Crippen LogP) is 1.08. The second kappa shape index (κ2) is 3.41. The van der Waals surface area contributed by atoms with Crippen LogP contribution in [0, 0.1) is 31.2 Å². The predicted molar refractivity (Wildman–Crippen MR) is 55.9 cm³/mol. The summed E-state index contributed by atoms with van der Waals surface area (Å²) < 4.78 is 2.48. The third-order valence-electron chi connectivity index (χ3n) is 3.02. The van der Waals surface area contributed by atoms with E-state index in [0.717, 1.165) is 0 Å². The van der Waals surface area contributed by atoms with Gasteiger partial charge in [0.05, 0.1) is 6.04 Å². The highest BCUT2D eigenvalue weighted by Gasteiger charge is 2.39. The fourth-order valence-corrected chi connectivity index (χ4v) is 2.30. The van der Waals surface area contributed by atoms with Gasteiger partial charge in [-0.25, -0.2) is 4.58 Å². The summed E-state index contributed by atoms with van der Waals surface area (Å²) in [7, 11) is 0. The van der Waals surface area contributed by atoms with E-state index < -0.39 is 0 Å². The summed E-state index contributed by atoms with van der Waals surface area (Å²) in [6.07, 6.45) is 13.3. The lowest BCUT2D eigenvalue weighted by Gasteiger charge is -2.20. The lowest BCUT2D eigenvalue weighted by atomic mass is 9.94. The van der Waals surface area contributed by atoms with Gasteiger partial charge in [-0.05, 0) is 19.3 Å². The minimum atomic E-state index is 1.21. The molecule has 0 atom stereocenters. The van der Waals surface area contributed by atoms with E-state index in [-0.39, 0.29) is 0 Å². The molecule has 0 unspecified atom stereocenters. The van der Waals surface area contributed by atoms with Crippen LogP contribution in [0.4, 0.5) is 0 Å². The number of nitrogens with one attached hydrogen (secondary N) is 1. The molecule has 2 aliphatic heterocycles. The molecule has 71 valence electrons. The van der Waals surface area contributed by atoms with Crippen molar-refractivity contribution in [2.75, 3.05) is 13.1 Å². The molecule has 0 amide bonds. The summed E-state index contributed by atoms with van der Waals surface area (Å²) in [5, 5.41) is 3.27. The second-order valence-corrected chi connectivity index (χ2v) is 3.91. The van der Waals surface area contributed by atoms with Crippen molar-refractivity contribution in [1.82, 2.24) is 5.32 Å². The Hall–Kier alpha value is -0.790. The van der Waals surface area contributed by atoms with Gasteiger partial charge in [-0.1, -0.05) is 0 Å². The van der Waals surface area contributed by atoms with E-state index in [4.69, 9.17) is 0 Å². The van der Waals surface area contributed by atoms with E-state index in [0.29, 0.717) is 0 Å². The first-order valence-corrected chi connectivity index (χ1v) is 5.26. The van der Waals surface area contributed by atoms with Gasteiger partial charge in [0.25, 0.3) is 0 Å². The van der Waals surface area contributed by atoms with Crippen molar-refractivity contribution in [1.29, 1.82) is 0 Å². The molecule has 14 heavy (non-hydrogen) atoms. The van der Waals surface area contributed by atoms with E-state index in [2.05, 4.69) is 35.2 Å². The molecule has 0 spiro atoms. The van der Waals surface area contributed by atoms with E-state index in [1.54, 1.807) is 0 Å². The van der Waals surface area contributed by atoms with Crippen LogP contribution in [0.15, 0.2) is 12.3 Å². The SMILES string of the molecule is [CH]1[CH][C]2NC=CC(=[N+]3CCCC3)[C]2[CH]1. The molecule has 0 bridgehead atoms. The quantitative estimate of drug-likeness (QED) is 0.559. The van der Waals surface area contributed by atoms with Crippen molar-refractivity contribution >= 4 is 5.71 Å². The standard InChI is InChI=1S/C12H14N2/c1-2-9-14(8-1)12-6-7-13-11-5-3-4-10(11)12/h3-7,13H,1-2,8-9H2/q+1. The number of fused-ring (bicyclic) bond motifs is 1. The third-order valence-corrected chi connectivity index (χ3v) is 3.02. The highest BCUT2D eigenvalue weighted by Crippen LogP contribution is 2.34. The molecule has 2 heterocycles. The summed E-state index contributed by atoms with van der Waals surface area (Å²) in [6.45, 7) is 2.43. The lowest BCUT2D eigenvalue weighted by molar-refractivity contribution is -0.505. The van der Waals surface area contributed by atoms with Crippen molar-refractivity contribution in [3.8, 4) is 0 Å². The normalized spacial score (nSPS) is 28.3. The maximum atomic E-state index is 3.27. The molecule has 5 radical (unpaired) electrons. The first kappa shape index (κ1) is 8.51. The minimum absolute atomic E-state index is 1.21. The second-order valence-electron chi connectivity index (χ2n) is 3.91. The zero-order valence-electron chi connectivity index (χ0n) is 8.16. The van der Waals surface area contributed by atoms with Gasteiger partial charge in [0.15, 0.2) is 5.71 Å². The Balaban J connectivity index is 1.93. The van der Waals surface area contributed by atoms with Crippen LogP contribution >= 0.6 is 0 Å². The Kier molecular flexibility index (Phi) is 2.07. The van der Waals surface area contributed by atoms with Crippen molar-refractivity contribution in [2.45, 2.75) is 12.8 Å². The van der Waals surface area contributed by atoms with Crippen LogP contribution in [0.3, 0.4) is 0 Å². The molecular formula is C12H14N2+. The van der Waals surface area contributed by atoms with Gasteiger partial charge in [-0.2, -0.15) is 0 Å². The highest BCUT2D eigenvalue weighted by atomic mass is 15.1. The number of hydrogen-bond donors (Lipinski definition) is 1. The summed E-state index contributed by atoms with van der Waals surface area (Å²) in [5.41, 5.74) is 1.39. The number of hydrogen-bond acceptors (Lipinski definition) is 1. The van der Waals surface area contributed by atoms with Gasteiger partial charge in [0, 0.05) is 25.1 Å². The van der Waals surface area contributed by atoms with Gasteiger partial charge in [-0.15, -0.1) is 0 Å². The molecule has 0 aromatic carbocycles. The van der Waals surface area contributed by atoms with E-state index in [1.165, 1.54) is 43.6 Å². The van der Waals surface area contributed by atoms with Crippen LogP contribution in [0.1, 0.15) is 12.8 Å². The Morgan fingerprint density at radius 1 is 1.14 bits per heavy atom. The van der Waals surface area contributed by atoms with E-state index in [1.807, 2.05) is 6.20 Å². The molecular weight excluding hydrogens is 172 g/mol.